The number of fused-ring (bicyclic) bond motifs is 1. The highest BCUT2D eigenvalue weighted by atomic mass is 14.9. The number of hydrogen-bond acceptors (Lipinski definition) is 1. The van der Waals surface area contributed by atoms with Crippen LogP contribution in [0.4, 0.5) is 0 Å². The van der Waals surface area contributed by atoms with E-state index in [1.165, 1.54) is 16.5 Å². The van der Waals surface area contributed by atoms with E-state index < -0.39 is 0 Å². The average molecular weight is 254 g/mol. The van der Waals surface area contributed by atoms with E-state index in [0.717, 1.165) is 19.5 Å². The molecule has 0 fully saturated rings. The van der Waals surface area contributed by atoms with Gasteiger partial charge in [-0.05, 0) is 37.1 Å². The molecule has 2 rings (SSSR count). The molecule has 0 amide bonds. The second-order valence-electron chi connectivity index (χ2n) is 5.35. The van der Waals surface area contributed by atoms with Gasteiger partial charge in [-0.25, -0.2) is 0 Å². The molecule has 1 aromatic heterocycles. The van der Waals surface area contributed by atoms with Gasteiger partial charge in [0.15, 0.2) is 0 Å². The van der Waals surface area contributed by atoms with Crippen molar-refractivity contribution >= 4 is 10.9 Å². The van der Waals surface area contributed by atoms with E-state index >= 15 is 0 Å². The smallest absolute Gasteiger partial charge is 0.0835 e. The highest BCUT2D eigenvalue weighted by Crippen LogP contribution is 2.21. The molecule has 0 atom stereocenters. The first-order valence-corrected chi connectivity index (χ1v) is 6.93. The maximum Gasteiger partial charge on any atom is 0.0835 e. The molecule has 0 aliphatic carbocycles. The molecule has 1 aromatic carbocycles. The van der Waals surface area contributed by atoms with Crippen LogP contribution in [0.1, 0.15) is 19.4 Å². The number of rotatable bonds is 6. The van der Waals surface area contributed by atoms with Gasteiger partial charge in [0, 0.05) is 17.1 Å². The monoisotopic (exact) mass is 254 g/mol. The molecule has 0 aliphatic rings. The van der Waals surface area contributed by atoms with Gasteiger partial charge in [0.05, 0.1) is 6.54 Å². The van der Waals surface area contributed by atoms with Crippen molar-refractivity contribution in [2.24, 2.45) is 5.92 Å². The molecule has 0 saturated carbocycles. The largest absolute Gasteiger partial charge is 0.336 e. The fourth-order valence-corrected chi connectivity index (χ4v) is 2.37. The minimum absolute atomic E-state index is 0.639. The zero-order valence-electron chi connectivity index (χ0n) is 11.8. The van der Waals surface area contributed by atoms with Gasteiger partial charge in [-0.15, -0.1) is 6.42 Å². The van der Waals surface area contributed by atoms with Crippen molar-refractivity contribution in [3.05, 3.63) is 36.0 Å². The lowest BCUT2D eigenvalue weighted by Crippen LogP contribution is -2.22. The van der Waals surface area contributed by atoms with Gasteiger partial charge in [0.25, 0.3) is 0 Å². The summed E-state index contributed by atoms with van der Waals surface area (Å²) in [5.41, 5.74) is 2.61. The molecule has 0 spiro atoms. The zero-order chi connectivity index (χ0) is 13.7. The zero-order valence-corrected chi connectivity index (χ0v) is 11.8. The van der Waals surface area contributed by atoms with Crippen molar-refractivity contribution in [3.8, 4) is 12.3 Å². The molecule has 0 aliphatic heterocycles. The molecule has 2 heteroatoms. The Hall–Kier alpha value is -1.72. The number of terminal acetylenes is 1. The Balaban J connectivity index is 2.12. The first-order chi connectivity index (χ1) is 9.22. The SMILES string of the molecule is C#CCn1cc(CCNCC(C)C)c2ccccc21. The van der Waals surface area contributed by atoms with E-state index in [9.17, 15) is 0 Å². The summed E-state index contributed by atoms with van der Waals surface area (Å²) in [6.45, 7) is 7.18. The molecule has 0 radical (unpaired) electrons. The molecule has 19 heavy (non-hydrogen) atoms. The third-order valence-electron chi connectivity index (χ3n) is 3.26. The predicted molar refractivity (Wildman–Crippen MR) is 82.2 cm³/mol. The lowest BCUT2D eigenvalue weighted by molar-refractivity contribution is 0.554. The molecular formula is C17H22N2. The summed E-state index contributed by atoms with van der Waals surface area (Å²) in [4.78, 5) is 0. The Morgan fingerprint density at radius 3 is 2.84 bits per heavy atom. The third-order valence-corrected chi connectivity index (χ3v) is 3.26. The van der Waals surface area contributed by atoms with Gasteiger partial charge in [-0.1, -0.05) is 38.0 Å². The molecule has 0 saturated heterocycles. The van der Waals surface area contributed by atoms with Gasteiger partial charge in [0.2, 0.25) is 0 Å². The maximum atomic E-state index is 5.43. The molecule has 2 aromatic rings. The van der Waals surface area contributed by atoms with Crippen molar-refractivity contribution in [1.82, 2.24) is 9.88 Å². The van der Waals surface area contributed by atoms with Crippen LogP contribution in [0, 0.1) is 18.3 Å². The predicted octanol–water partition coefficient (Wildman–Crippen LogP) is 3.06. The first kappa shape index (κ1) is 13.7. The summed E-state index contributed by atoms with van der Waals surface area (Å²) < 4.78 is 2.16. The number of hydrogen-bond donors (Lipinski definition) is 1. The number of aromatic nitrogens is 1. The van der Waals surface area contributed by atoms with Crippen LogP contribution in [0.3, 0.4) is 0 Å². The third kappa shape index (κ3) is 3.39. The fraction of sp³-hybridized carbons (Fsp3) is 0.412. The molecule has 0 unspecified atom stereocenters. The summed E-state index contributed by atoms with van der Waals surface area (Å²) >= 11 is 0. The average Bonchev–Trinajstić information content (AvgIpc) is 2.74. The van der Waals surface area contributed by atoms with Gasteiger partial charge >= 0.3 is 0 Å². The summed E-state index contributed by atoms with van der Waals surface area (Å²) in [5, 5.41) is 4.81. The maximum absolute atomic E-state index is 5.43. The van der Waals surface area contributed by atoms with Gasteiger partial charge in [-0.2, -0.15) is 0 Å². The highest BCUT2D eigenvalue weighted by molar-refractivity contribution is 5.84. The van der Waals surface area contributed by atoms with E-state index in [4.69, 9.17) is 6.42 Å². The number of benzene rings is 1. The van der Waals surface area contributed by atoms with Crippen LogP contribution in [-0.4, -0.2) is 17.7 Å². The van der Waals surface area contributed by atoms with Crippen molar-refractivity contribution in [1.29, 1.82) is 0 Å². The van der Waals surface area contributed by atoms with Crippen LogP contribution in [0.5, 0.6) is 0 Å². The summed E-state index contributed by atoms with van der Waals surface area (Å²) in [7, 11) is 0. The van der Waals surface area contributed by atoms with Crippen molar-refractivity contribution in [3.63, 3.8) is 0 Å². The molecule has 1 heterocycles. The molecular weight excluding hydrogens is 232 g/mol. The van der Waals surface area contributed by atoms with E-state index in [0.29, 0.717) is 12.5 Å². The Morgan fingerprint density at radius 1 is 1.32 bits per heavy atom. The first-order valence-electron chi connectivity index (χ1n) is 6.93. The Morgan fingerprint density at radius 2 is 2.11 bits per heavy atom. The summed E-state index contributed by atoms with van der Waals surface area (Å²) in [6.07, 6.45) is 8.68. The van der Waals surface area contributed by atoms with Crippen LogP contribution < -0.4 is 5.32 Å². The van der Waals surface area contributed by atoms with Crippen LogP contribution in [0.15, 0.2) is 30.5 Å². The Kier molecular flexibility index (Phi) is 4.65. The van der Waals surface area contributed by atoms with Crippen LogP contribution in [0.25, 0.3) is 10.9 Å². The van der Waals surface area contributed by atoms with E-state index in [1.807, 2.05) is 0 Å². The standard InChI is InChI=1S/C17H22N2/c1-4-11-19-13-15(9-10-18-12-14(2)3)16-7-5-6-8-17(16)19/h1,5-8,13-14,18H,9-12H2,2-3H3. The summed E-state index contributed by atoms with van der Waals surface area (Å²) in [5.74, 6) is 3.42. The number of nitrogens with zero attached hydrogens (tertiary/aromatic N) is 1. The fourth-order valence-electron chi connectivity index (χ4n) is 2.37. The lowest BCUT2D eigenvalue weighted by Gasteiger charge is -2.06. The Bertz CT molecular complexity index is 572. The van der Waals surface area contributed by atoms with Crippen LogP contribution >= 0.6 is 0 Å². The quantitative estimate of drug-likeness (QED) is 0.619. The van der Waals surface area contributed by atoms with Crippen LogP contribution in [-0.2, 0) is 13.0 Å². The number of nitrogens with one attached hydrogen (secondary N) is 1. The summed E-state index contributed by atoms with van der Waals surface area (Å²) in [6, 6.07) is 8.47. The number of para-hydroxylation sites is 1. The van der Waals surface area contributed by atoms with Crippen LogP contribution in [0.2, 0.25) is 0 Å². The highest BCUT2D eigenvalue weighted by Gasteiger charge is 2.06. The Labute approximate surface area is 115 Å². The minimum atomic E-state index is 0.639. The normalized spacial score (nSPS) is 11.1. The molecule has 100 valence electrons. The second kappa shape index (κ2) is 6.45. The lowest BCUT2D eigenvalue weighted by atomic mass is 10.1. The van der Waals surface area contributed by atoms with E-state index in [2.05, 4.69) is 60.1 Å². The molecule has 1 N–H and O–H groups in total. The van der Waals surface area contributed by atoms with Gasteiger partial charge in [-0.3, -0.25) is 0 Å². The van der Waals surface area contributed by atoms with E-state index in [-0.39, 0.29) is 0 Å². The molecule has 0 bridgehead atoms. The van der Waals surface area contributed by atoms with Crippen molar-refractivity contribution < 1.29 is 0 Å². The minimum Gasteiger partial charge on any atom is -0.336 e. The van der Waals surface area contributed by atoms with E-state index in [1.54, 1.807) is 0 Å². The second-order valence-corrected chi connectivity index (χ2v) is 5.35. The van der Waals surface area contributed by atoms with Crippen molar-refractivity contribution in [2.75, 3.05) is 13.1 Å². The van der Waals surface area contributed by atoms with Gasteiger partial charge in [0.1, 0.15) is 0 Å². The topological polar surface area (TPSA) is 17.0 Å². The molecule has 2 nitrogen and oxygen atoms in total. The van der Waals surface area contributed by atoms with Crippen molar-refractivity contribution in [2.45, 2.75) is 26.8 Å². The van der Waals surface area contributed by atoms with Gasteiger partial charge < -0.3 is 9.88 Å².